The van der Waals surface area contributed by atoms with E-state index in [1.54, 1.807) is 12.1 Å². The van der Waals surface area contributed by atoms with Gasteiger partial charge in [0, 0.05) is 15.1 Å². The zero-order valence-corrected chi connectivity index (χ0v) is 12.3. The maximum absolute atomic E-state index is 13.5. The molecule has 1 aromatic carbocycles. The highest BCUT2D eigenvalue weighted by Gasteiger charge is 2.07. The molecule has 88 valence electrons. The van der Waals surface area contributed by atoms with Crippen LogP contribution in [0, 0.1) is 5.82 Å². The summed E-state index contributed by atoms with van der Waals surface area (Å²) in [4.78, 5) is 3.93. The number of pyridine rings is 1. The third-order valence-corrected chi connectivity index (χ3v) is 3.23. The number of anilines is 2. The third kappa shape index (κ3) is 3.18. The van der Waals surface area contributed by atoms with E-state index in [4.69, 9.17) is 11.6 Å². The Kier molecular flexibility index (Phi) is 4.01. The second-order valence-corrected chi connectivity index (χ2v) is 5.47. The largest absolute Gasteiger partial charge is 0.337 e. The van der Waals surface area contributed by atoms with E-state index >= 15 is 0 Å². The van der Waals surface area contributed by atoms with Crippen LogP contribution in [0.4, 0.5) is 15.9 Å². The lowest BCUT2D eigenvalue weighted by Crippen LogP contribution is -1.97. The molecule has 0 amide bonds. The van der Waals surface area contributed by atoms with Gasteiger partial charge in [-0.2, -0.15) is 0 Å². The van der Waals surface area contributed by atoms with E-state index in [-0.39, 0.29) is 5.82 Å². The van der Waals surface area contributed by atoms with Crippen molar-refractivity contribution in [2.45, 2.75) is 0 Å². The summed E-state index contributed by atoms with van der Waals surface area (Å²) in [5.41, 5.74) is 0.601. The lowest BCUT2D eigenvalue weighted by atomic mass is 10.3. The molecule has 17 heavy (non-hydrogen) atoms. The molecular weight excluding hydrogens is 374 g/mol. The van der Waals surface area contributed by atoms with Gasteiger partial charge in [-0.05, 0) is 40.2 Å². The van der Waals surface area contributed by atoms with Crippen LogP contribution in [-0.2, 0) is 0 Å². The SMILES string of the molecule is Fc1cc(Br)cnc1Nc1ccc(Br)cc1Cl. The topological polar surface area (TPSA) is 24.9 Å². The Morgan fingerprint density at radius 3 is 2.59 bits per heavy atom. The van der Waals surface area contributed by atoms with Gasteiger partial charge in [0.05, 0.1) is 10.7 Å². The summed E-state index contributed by atoms with van der Waals surface area (Å²) < 4.78 is 15.0. The molecule has 1 aromatic heterocycles. The Hall–Kier alpha value is -0.650. The molecule has 0 bridgehead atoms. The minimum Gasteiger partial charge on any atom is -0.337 e. The van der Waals surface area contributed by atoms with Crippen LogP contribution < -0.4 is 5.32 Å². The van der Waals surface area contributed by atoms with Gasteiger partial charge in [-0.1, -0.05) is 27.5 Å². The quantitative estimate of drug-likeness (QED) is 0.780. The number of nitrogens with zero attached hydrogens (tertiary/aromatic N) is 1. The Morgan fingerprint density at radius 1 is 1.18 bits per heavy atom. The summed E-state index contributed by atoms with van der Waals surface area (Å²) in [7, 11) is 0. The van der Waals surface area contributed by atoms with Crippen molar-refractivity contribution in [1.29, 1.82) is 0 Å². The molecule has 0 spiro atoms. The molecule has 0 saturated carbocycles. The van der Waals surface area contributed by atoms with Crippen LogP contribution in [0.2, 0.25) is 5.02 Å². The number of hydrogen-bond donors (Lipinski definition) is 1. The minimum absolute atomic E-state index is 0.137. The van der Waals surface area contributed by atoms with Crippen molar-refractivity contribution in [2.75, 3.05) is 5.32 Å². The first kappa shape index (κ1) is 12.8. The standard InChI is InChI=1S/C11H6Br2ClFN2/c12-6-1-2-10(8(14)3-6)17-11-9(15)4-7(13)5-16-11/h1-5H,(H,16,17). The van der Waals surface area contributed by atoms with Gasteiger partial charge in [0.15, 0.2) is 11.6 Å². The van der Waals surface area contributed by atoms with Crippen LogP contribution >= 0.6 is 43.5 Å². The molecular formula is C11H6Br2ClFN2. The highest BCUT2D eigenvalue weighted by molar-refractivity contribution is 9.10. The number of rotatable bonds is 2. The smallest absolute Gasteiger partial charge is 0.166 e. The van der Waals surface area contributed by atoms with E-state index in [0.717, 1.165) is 4.47 Å². The lowest BCUT2D eigenvalue weighted by Gasteiger charge is -2.08. The van der Waals surface area contributed by atoms with Gasteiger partial charge in [-0.15, -0.1) is 0 Å². The zero-order chi connectivity index (χ0) is 12.4. The number of benzene rings is 1. The van der Waals surface area contributed by atoms with Crippen molar-refractivity contribution >= 4 is 55.0 Å². The van der Waals surface area contributed by atoms with Gasteiger partial charge >= 0.3 is 0 Å². The van der Waals surface area contributed by atoms with Crippen LogP contribution in [0.5, 0.6) is 0 Å². The molecule has 0 fully saturated rings. The van der Waals surface area contributed by atoms with Crippen molar-refractivity contribution in [3.05, 3.63) is 50.2 Å². The van der Waals surface area contributed by atoms with E-state index in [1.165, 1.54) is 12.3 Å². The van der Waals surface area contributed by atoms with Crippen LogP contribution in [0.15, 0.2) is 39.4 Å². The van der Waals surface area contributed by atoms with Crippen molar-refractivity contribution in [3.8, 4) is 0 Å². The molecule has 2 rings (SSSR count). The summed E-state index contributed by atoms with van der Waals surface area (Å²) >= 11 is 12.5. The highest BCUT2D eigenvalue weighted by Crippen LogP contribution is 2.29. The highest BCUT2D eigenvalue weighted by atomic mass is 79.9. The van der Waals surface area contributed by atoms with E-state index in [9.17, 15) is 4.39 Å². The average molecular weight is 380 g/mol. The number of hydrogen-bond acceptors (Lipinski definition) is 2. The van der Waals surface area contributed by atoms with E-state index < -0.39 is 5.82 Å². The second kappa shape index (κ2) is 5.33. The van der Waals surface area contributed by atoms with Gasteiger partial charge in [-0.3, -0.25) is 0 Å². The van der Waals surface area contributed by atoms with Crippen molar-refractivity contribution in [3.63, 3.8) is 0 Å². The molecule has 0 aliphatic heterocycles. The van der Waals surface area contributed by atoms with Crippen LogP contribution in [0.25, 0.3) is 0 Å². The Balaban J connectivity index is 2.31. The Bertz CT molecular complexity index is 514. The molecule has 6 heteroatoms. The average Bonchev–Trinajstić information content (AvgIpc) is 2.25. The van der Waals surface area contributed by atoms with E-state index in [1.807, 2.05) is 6.07 Å². The molecule has 0 aliphatic rings. The van der Waals surface area contributed by atoms with E-state index in [2.05, 4.69) is 42.2 Å². The molecule has 1 heterocycles. The first-order valence-corrected chi connectivity index (χ1v) is 6.56. The van der Waals surface area contributed by atoms with Crippen molar-refractivity contribution in [2.24, 2.45) is 0 Å². The number of aromatic nitrogens is 1. The summed E-state index contributed by atoms with van der Waals surface area (Å²) in [5.74, 6) is -0.309. The maximum Gasteiger partial charge on any atom is 0.166 e. The van der Waals surface area contributed by atoms with Gasteiger partial charge in [0.25, 0.3) is 0 Å². The van der Waals surface area contributed by atoms with E-state index in [0.29, 0.717) is 15.2 Å². The molecule has 2 aromatic rings. The van der Waals surface area contributed by atoms with Gasteiger partial charge < -0.3 is 5.32 Å². The fourth-order valence-electron chi connectivity index (χ4n) is 1.22. The monoisotopic (exact) mass is 378 g/mol. The molecule has 0 radical (unpaired) electrons. The molecule has 0 aliphatic carbocycles. The van der Waals surface area contributed by atoms with Gasteiger partial charge in [-0.25, -0.2) is 9.37 Å². The second-order valence-electron chi connectivity index (χ2n) is 3.23. The van der Waals surface area contributed by atoms with Crippen LogP contribution in [0.1, 0.15) is 0 Å². The summed E-state index contributed by atoms with van der Waals surface area (Å²) in [6, 6.07) is 6.61. The Labute approximate surface area is 119 Å². The first-order chi connectivity index (χ1) is 8.06. The fraction of sp³-hybridized carbons (Fsp3) is 0. The van der Waals surface area contributed by atoms with Crippen molar-refractivity contribution in [1.82, 2.24) is 4.98 Å². The van der Waals surface area contributed by atoms with Crippen molar-refractivity contribution < 1.29 is 4.39 Å². The third-order valence-electron chi connectivity index (χ3n) is 1.99. The normalized spacial score (nSPS) is 10.4. The molecule has 2 nitrogen and oxygen atoms in total. The predicted octanol–water partition coefficient (Wildman–Crippen LogP) is 5.14. The molecule has 1 N–H and O–H groups in total. The molecule has 0 atom stereocenters. The summed E-state index contributed by atoms with van der Waals surface area (Å²) in [6.45, 7) is 0. The minimum atomic E-state index is -0.446. The molecule has 0 unspecified atom stereocenters. The van der Waals surface area contributed by atoms with Gasteiger partial charge in [0.2, 0.25) is 0 Å². The summed E-state index contributed by atoms with van der Waals surface area (Å²) in [6.07, 6.45) is 1.51. The Morgan fingerprint density at radius 2 is 1.94 bits per heavy atom. The van der Waals surface area contributed by atoms with Gasteiger partial charge in [0.1, 0.15) is 0 Å². The van der Waals surface area contributed by atoms with Crippen LogP contribution in [-0.4, -0.2) is 4.98 Å². The first-order valence-electron chi connectivity index (χ1n) is 4.59. The number of nitrogens with one attached hydrogen (secondary N) is 1. The summed E-state index contributed by atoms with van der Waals surface area (Å²) in [5, 5.41) is 3.32. The zero-order valence-electron chi connectivity index (χ0n) is 8.35. The molecule has 0 saturated heterocycles. The predicted molar refractivity (Wildman–Crippen MR) is 74.3 cm³/mol. The lowest BCUT2D eigenvalue weighted by molar-refractivity contribution is 0.625. The maximum atomic E-state index is 13.5. The van der Waals surface area contributed by atoms with Crippen LogP contribution in [0.3, 0.4) is 0 Å². The number of halogens is 4. The fourth-order valence-corrected chi connectivity index (χ4v) is 2.25.